The van der Waals surface area contributed by atoms with Crippen molar-refractivity contribution in [1.82, 2.24) is 10.2 Å². The van der Waals surface area contributed by atoms with Crippen LogP contribution in [-0.2, 0) is 13.0 Å². The Kier molecular flexibility index (Phi) is 5.02. The molecule has 2 nitrogen and oxygen atoms in total. The van der Waals surface area contributed by atoms with E-state index in [0.29, 0.717) is 0 Å². The lowest BCUT2D eigenvalue weighted by atomic mass is 10.1. The van der Waals surface area contributed by atoms with Crippen LogP contribution in [0.25, 0.3) is 0 Å². The van der Waals surface area contributed by atoms with E-state index in [9.17, 15) is 0 Å². The molecule has 1 heterocycles. The Morgan fingerprint density at radius 3 is 2.35 bits per heavy atom. The van der Waals surface area contributed by atoms with Gasteiger partial charge in [-0.1, -0.05) is 31.2 Å². The van der Waals surface area contributed by atoms with E-state index in [1.54, 1.807) is 0 Å². The summed E-state index contributed by atoms with van der Waals surface area (Å²) in [7, 11) is 0. The Hall–Kier alpha value is -0.860. The first-order valence-corrected chi connectivity index (χ1v) is 6.89. The highest BCUT2D eigenvalue weighted by atomic mass is 15.1. The average molecular weight is 232 g/mol. The number of aryl methyl sites for hydroxylation is 1. The molecule has 0 unspecified atom stereocenters. The molecule has 1 N–H and O–H groups in total. The first-order valence-electron chi connectivity index (χ1n) is 6.89. The highest BCUT2D eigenvalue weighted by Gasteiger charge is 2.09. The first kappa shape index (κ1) is 12.6. The highest BCUT2D eigenvalue weighted by molar-refractivity contribution is 5.22. The molecule has 0 aliphatic carbocycles. The van der Waals surface area contributed by atoms with Gasteiger partial charge < -0.3 is 10.2 Å². The topological polar surface area (TPSA) is 15.3 Å². The summed E-state index contributed by atoms with van der Waals surface area (Å²) >= 11 is 0. The summed E-state index contributed by atoms with van der Waals surface area (Å²) in [4.78, 5) is 2.55. The van der Waals surface area contributed by atoms with Crippen LogP contribution in [0.4, 0.5) is 0 Å². The van der Waals surface area contributed by atoms with Crippen molar-refractivity contribution in [3.05, 3.63) is 35.4 Å². The predicted octanol–water partition coefficient (Wildman–Crippen LogP) is 2.43. The fraction of sp³-hybridized carbons (Fsp3) is 0.600. The molecule has 1 aromatic carbocycles. The minimum atomic E-state index is 0.998. The second-order valence-corrected chi connectivity index (χ2v) is 4.90. The van der Waals surface area contributed by atoms with Crippen molar-refractivity contribution < 1.29 is 0 Å². The molecule has 0 atom stereocenters. The van der Waals surface area contributed by atoms with Gasteiger partial charge in [0.2, 0.25) is 0 Å². The average Bonchev–Trinajstić information content (AvgIpc) is 2.88. The fourth-order valence-electron chi connectivity index (χ4n) is 2.37. The number of hydrogen-bond donors (Lipinski definition) is 1. The molecule has 2 rings (SSSR count). The van der Waals surface area contributed by atoms with Gasteiger partial charge in [-0.05, 0) is 43.5 Å². The molecule has 0 amide bonds. The largest absolute Gasteiger partial charge is 0.311 e. The van der Waals surface area contributed by atoms with E-state index >= 15 is 0 Å². The van der Waals surface area contributed by atoms with Crippen LogP contribution in [0.1, 0.15) is 30.9 Å². The third-order valence-corrected chi connectivity index (χ3v) is 3.56. The van der Waals surface area contributed by atoms with Gasteiger partial charge in [0.25, 0.3) is 0 Å². The molecule has 0 saturated carbocycles. The summed E-state index contributed by atoms with van der Waals surface area (Å²) < 4.78 is 0. The molecule has 17 heavy (non-hydrogen) atoms. The zero-order chi connectivity index (χ0) is 11.9. The maximum Gasteiger partial charge on any atom is 0.0206 e. The molecule has 1 aliphatic heterocycles. The maximum atomic E-state index is 3.52. The van der Waals surface area contributed by atoms with Gasteiger partial charge in [-0.2, -0.15) is 0 Å². The zero-order valence-corrected chi connectivity index (χ0v) is 10.9. The van der Waals surface area contributed by atoms with Gasteiger partial charge in [-0.3, -0.25) is 0 Å². The van der Waals surface area contributed by atoms with E-state index in [0.717, 1.165) is 19.5 Å². The molecule has 0 bridgehead atoms. The maximum absolute atomic E-state index is 3.52. The Bertz CT molecular complexity index is 312. The zero-order valence-electron chi connectivity index (χ0n) is 10.9. The van der Waals surface area contributed by atoms with E-state index in [-0.39, 0.29) is 0 Å². The highest BCUT2D eigenvalue weighted by Crippen LogP contribution is 2.06. The molecule has 1 aromatic rings. The molecule has 0 aromatic heterocycles. The lowest BCUT2D eigenvalue weighted by Gasteiger charge is -2.14. The van der Waals surface area contributed by atoms with Gasteiger partial charge in [0, 0.05) is 19.6 Å². The van der Waals surface area contributed by atoms with Crippen molar-refractivity contribution in [2.75, 3.05) is 26.2 Å². The minimum Gasteiger partial charge on any atom is -0.311 e. The van der Waals surface area contributed by atoms with Crippen molar-refractivity contribution >= 4 is 0 Å². The van der Waals surface area contributed by atoms with Crippen LogP contribution in [-0.4, -0.2) is 31.1 Å². The van der Waals surface area contributed by atoms with E-state index in [2.05, 4.69) is 41.4 Å². The summed E-state index contributed by atoms with van der Waals surface area (Å²) in [5.41, 5.74) is 2.81. The third kappa shape index (κ3) is 4.14. The van der Waals surface area contributed by atoms with Crippen molar-refractivity contribution in [2.45, 2.75) is 32.7 Å². The molecule has 1 saturated heterocycles. The van der Waals surface area contributed by atoms with Crippen LogP contribution in [0.5, 0.6) is 0 Å². The molecule has 0 spiro atoms. The normalized spacial score (nSPS) is 16.5. The summed E-state index contributed by atoms with van der Waals surface area (Å²) in [5.74, 6) is 0. The number of rotatable bonds is 6. The van der Waals surface area contributed by atoms with Crippen LogP contribution in [0, 0.1) is 0 Å². The molecule has 1 fully saturated rings. The van der Waals surface area contributed by atoms with Crippen molar-refractivity contribution in [2.24, 2.45) is 0 Å². The Morgan fingerprint density at radius 2 is 1.71 bits per heavy atom. The Morgan fingerprint density at radius 1 is 1.06 bits per heavy atom. The number of nitrogens with one attached hydrogen (secondary N) is 1. The van der Waals surface area contributed by atoms with Gasteiger partial charge in [0.1, 0.15) is 0 Å². The van der Waals surface area contributed by atoms with Gasteiger partial charge in [-0.25, -0.2) is 0 Å². The van der Waals surface area contributed by atoms with Gasteiger partial charge >= 0.3 is 0 Å². The van der Waals surface area contributed by atoms with Crippen molar-refractivity contribution in [1.29, 1.82) is 0 Å². The van der Waals surface area contributed by atoms with Gasteiger partial charge in [0.15, 0.2) is 0 Å². The van der Waals surface area contributed by atoms with Gasteiger partial charge in [-0.15, -0.1) is 0 Å². The molecule has 94 valence electrons. The number of hydrogen-bond acceptors (Lipinski definition) is 2. The molecular formula is C15H24N2. The number of likely N-dealkylation sites (tertiary alicyclic amines) is 1. The van der Waals surface area contributed by atoms with Crippen LogP contribution >= 0.6 is 0 Å². The van der Waals surface area contributed by atoms with E-state index in [1.165, 1.54) is 43.6 Å². The van der Waals surface area contributed by atoms with E-state index in [1.807, 2.05) is 0 Å². The smallest absolute Gasteiger partial charge is 0.0206 e. The first-order chi connectivity index (χ1) is 8.38. The lowest BCUT2D eigenvalue weighted by molar-refractivity contribution is 0.335. The lowest BCUT2D eigenvalue weighted by Crippen LogP contribution is -2.29. The third-order valence-electron chi connectivity index (χ3n) is 3.56. The molecular weight excluding hydrogens is 208 g/mol. The van der Waals surface area contributed by atoms with Crippen LogP contribution in [0.2, 0.25) is 0 Å². The molecule has 1 aliphatic rings. The molecule has 2 heteroatoms. The summed E-state index contributed by atoms with van der Waals surface area (Å²) in [6.07, 6.45) is 3.90. The van der Waals surface area contributed by atoms with Crippen molar-refractivity contribution in [3.63, 3.8) is 0 Å². The second kappa shape index (κ2) is 6.77. The number of benzene rings is 1. The van der Waals surface area contributed by atoms with E-state index < -0.39 is 0 Å². The monoisotopic (exact) mass is 232 g/mol. The number of nitrogens with zero attached hydrogens (tertiary/aromatic N) is 1. The Balaban J connectivity index is 1.63. The standard InChI is InChI=1S/C15H24N2/c1-2-14-5-7-15(8-6-14)13-16-9-12-17-10-3-4-11-17/h5-8,16H,2-4,9-13H2,1H3. The van der Waals surface area contributed by atoms with Crippen molar-refractivity contribution in [3.8, 4) is 0 Å². The summed E-state index contributed by atoms with van der Waals surface area (Å²) in [6, 6.07) is 8.94. The Labute approximate surface area is 105 Å². The van der Waals surface area contributed by atoms with E-state index in [4.69, 9.17) is 0 Å². The molecule has 0 radical (unpaired) electrons. The second-order valence-electron chi connectivity index (χ2n) is 4.90. The van der Waals surface area contributed by atoms with Crippen LogP contribution in [0.15, 0.2) is 24.3 Å². The fourth-order valence-corrected chi connectivity index (χ4v) is 2.37. The minimum absolute atomic E-state index is 0.998. The summed E-state index contributed by atoms with van der Waals surface area (Å²) in [6.45, 7) is 8.10. The quantitative estimate of drug-likeness (QED) is 0.758. The van der Waals surface area contributed by atoms with Crippen LogP contribution < -0.4 is 5.32 Å². The van der Waals surface area contributed by atoms with Crippen LogP contribution in [0.3, 0.4) is 0 Å². The van der Waals surface area contributed by atoms with Gasteiger partial charge in [0.05, 0.1) is 0 Å². The summed E-state index contributed by atoms with van der Waals surface area (Å²) in [5, 5.41) is 3.52. The predicted molar refractivity (Wildman–Crippen MR) is 73.2 cm³/mol. The SMILES string of the molecule is CCc1ccc(CNCCN2CCCC2)cc1.